The molecule has 1 heterocycles. The van der Waals surface area contributed by atoms with E-state index in [0.717, 1.165) is 0 Å². The third-order valence-electron chi connectivity index (χ3n) is 2.63. The zero-order valence-corrected chi connectivity index (χ0v) is 14.3. The number of rotatable bonds is 4. The van der Waals surface area contributed by atoms with Crippen LogP contribution >= 0.6 is 46.4 Å². The number of carbonyl (C=O) groups is 1. The van der Waals surface area contributed by atoms with Gasteiger partial charge in [-0.3, -0.25) is 4.79 Å². The molecule has 2 aromatic rings. The van der Waals surface area contributed by atoms with Crippen LogP contribution in [0.1, 0.15) is 6.92 Å². The Labute approximate surface area is 147 Å². The molecule has 1 aromatic heterocycles. The molecule has 22 heavy (non-hydrogen) atoms. The van der Waals surface area contributed by atoms with E-state index in [1.807, 2.05) is 0 Å². The van der Waals surface area contributed by atoms with Gasteiger partial charge >= 0.3 is 0 Å². The van der Waals surface area contributed by atoms with E-state index < -0.39 is 12.0 Å². The van der Waals surface area contributed by atoms with Crippen LogP contribution in [0, 0.1) is 0 Å². The fraction of sp³-hybridized carbons (Fsp3) is 0.143. The maximum atomic E-state index is 12.1. The summed E-state index contributed by atoms with van der Waals surface area (Å²) in [6.07, 6.45) is 0.616. The molecular weight excluding hydrogens is 370 g/mol. The lowest BCUT2D eigenvalue weighted by molar-refractivity contribution is -0.122. The predicted octanol–water partition coefficient (Wildman–Crippen LogP) is 5.10. The molecule has 0 aliphatic rings. The number of halogens is 4. The molecule has 1 unspecified atom stereocenters. The highest BCUT2D eigenvalue weighted by molar-refractivity contribution is 6.43. The van der Waals surface area contributed by atoms with Gasteiger partial charge in [-0.1, -0.05) is 46.4 Å². The second kappa shape index (κ2) is 7.38. The molecule has 1 N–H and O–H groups in total. The fourth-order valence-corrected chi connectivity index (χ4v) is 2.21. The van der Waals surface area contributed by atoms with Crippen LogP contribution in [0.25, 0.3) is 0 Å². The van der Waals surface area contributed by atoms with Crippen LogP contribution in [-0.2, 0) is 4.79 Å². The number of hydrogen-bond acceptors (Lipinski definition) is 3. The van der Waals surface area contributed by atoms with E-state index in [2.05, 4.69) is 10.3 Å². The Bertz CT molecular complexity index is 692. The molecule has 1 aromatic carbocycles. The Balaban J connectivity index is 2.05. The second-order valence-corrected chi connectivity index (χ2v) is 5.97. The third kappa shape index (κ3) is 4.40. The zero-order valence-electron chi connectivity index (χ0n) is 11.2. The quantitative estimate of drug-likeness (QED) is 0.751. The number of aromatic nitrogens is 1. The number of amides is 1. The summed E-state index contributed by atoms with van der Waals surface area (Å²) in [5.74, 6) is 0.241. The van der Waals surface area contributed by atoms with Gasteiger partial charge in [-0.15, -0.1) is 0 Å². The molecule has 0 saturated heterocycles. The number of nitrogens with zero attached hydrogens (tertiary/aromatic N) is 1. The molecule has 0 spiro atoms. The van der Waals surface area contributed by atoms with Crippen molar-refractivity contribution in [1.29, 1.82) is 0 Å². The number of hydrogen-bond donors (Lipinski definition) is 1. The van der Waals surface area contributed by atoms with Crippen LogP contribution in [-0.4, -0.2) is 17.0 Å². The highest BCUT2D eigenvalue weighted by Crippen LogP contribution is 2.34. The van der Waals surface area contributed by atoms with Gasteiger partial charge in [-0.25, -0.2) is 4.98 Å². The monoisotopic (exact) mass is 378 g/mol. The van der Waals surface area contributed by atoms with E-state index in [9.17, 15) is 4.79 Å². The van der Waals surface area contributed by atoms with Crippen LogP contribution in [0.2, 0.25) is 20.1 Å². The van der Waals surface area contributed by atoms with Gasteiger partial charge in [-0.2, -0.15) is 0 Å². The van der Waals surface area contributed by atoms with Crippen LogP contribution in [0.3, 0.4) is 0 Å². The molecule has 0 aliphatic carbocycles. The van der Waals surface area contributed by atoms with Crippen molar-refractivity contribution in [3.63, 3.8) is 0 Å². The highest BCUT2D eigenvalue weighted by atomic mass is 35.5. The largest absolute Gasteiger partial charge is 0.479 e. The van der Waals surface area contributed by atoms with Crippen LogP contribution in [0.5, 0.6) is 5.75 Å². The van der Waals surface area contributed by atoms with Gasteiger partial charge < -0.3 is 10.1 Å². The van der Waals surface area contributed by atoms with Gasteiger partial charge in [0.15, 0.2) is 6.10 Å². The average Bonchev–Trinajstić information content (AvgIpc) is 2.47. The number of nitrogens with one attached hydrogen (secondary N) is 1. The summed E-state index contributed by atoms with van der Waals surface area (Å²) in [5, 5.41) is 3.93. The standard InChI is InChI=1S/C14H10Cl4N2O2/c1-7(14(21)20-13-3-2-8(15)6-19-13)22-12-5-10(17)9(16)4-11(12)18/h2-7H,1H3,(H,19,20,21). The number of pyridine rings is 1. The normalized spacial score (nSPS) is 11.9. The Hall–Kier alpha value is -1.20. The van der Waals surface area contributed by atoms with E-state index in [-0.39, 0.29) is 15.8 Å². The highest BCUT2D eigenvalue weighted by Gasteiger charge is 2.18. The minimum Gasteiger partial charge on any atom is -0.479 e. The van der Waals surface area contributed by atoms with Crippen molar-refractivity contribution in [3.05, 3.63) is 50.6 Å². The van der Waals surface area contributed by atoms with E-state index in [4.69, 9.17) is 51.1 Å². The first-order valence-electron chi connectivity index (χ1n) is 6.10. The van der Waals surface area contributed by atoms with Crippen molar-refractivity contribution >= 4 is 58.1 Å². The lowest BCUT2D eigenvalue weighted by Gasteiger charge is -2.16. The number of benzene rings is 1. The van der Waals surface area contributed by atoms with Crippen LogP contribution in [0.15, 0.2) is 30.5 Å². The molecule has 0 radical (unpaired) electrons. The summed E-state index contributed by atoms with van der Waals surface area (Å²) >= 11 is 23.5. The molecule has 0 bridgehead atoms. The van der Waals surface area contributed by atoms with Gasteiger partial charge in [0.25, 0.3) is 5.91 Å². The Morgan fingerprint density at radius 2 is 1.82 bits per heavy atom. The summed E-state index contributed by atoms with van der Waals surface area (Å²) in [6.45, 7) is 1.57. The Kier molecular flexibility index (Phi) is 5.75. The van der Waals surface area contributed by atoms with Gasteiger partial charge in [0, 0.05) is 12.3 Å². The average molecular weight is 380 g/mol. The third-order valence-corrected chi connectivity index (χ3v) is 3.87. The molecule has 2 rings (SSSR count). The fourth-order valence-electron chi connectivity index (χ4n) is 1.52. The minimum atomic E-state index is -0.813. The van der Waals surface area contributed by atoms with Crippen LogP contribution < -0.4 is 10.1 Å². The molecule has 1 atom stereocenters. The second-order valence-electron chi connectivity index (χ2n) is 4.31. The number of anilines is 1. The van der Waals surface area contributed by atoms with E-state index in [1.165, 1.54) is 18.3 Å². The van der Waals surface area contributed by atoms with E-state index in [0.29, 0.717) is 15.9 Å². The predicted molar refractivity (Wildman–Crippen MR) is 89.4 cm³/mol. The number of carbonyl (C=O) groups excluding carboxylic acids is 1. The summed E-state index contributed by atoms with van der Waals surface area (Å²) in [4.78, 5) is 16.0. The summed E-state index contributed by atoms with van der Waals surface area (Å²) in [6, 6.07) is 6.10. The van der Waals surface area contributed by atoms with Crippen molar-refractivity contribution in [3.8, 4) is 5.75 Å². The molecule has 116 valence electrons. The first-order chi connectivity index (χ1) is 10.4. The summed E-state index contributed by atoms with van der Waals surface area (Å²) in [7, 11) is 0. The number of ether oxygens (including phenoxy) is 1. The Morgan fingerprint density at radius 1 is 1.14 bits per heavy atom. The summed E-state index contributed by atoms with van der Waals surface area (Å²) < 4.78 is 5.50. The van der Waals surface area contributed by atoms with E-state index >= 15 is 0 Å². The van der Waals surface area contributed by atoms with Gasteiger partial charge in [-0.05, 0) is 25.1 Å². The first-order valence-corrected chi connectivity index (χ1v) is 7.61. The summed E-state index contributed by atoms with van der Waals surface area (Å²) in [5.41, 5.74) is 0. The molecule has 0 fully saturated rings. The lowest BCUT2D eigenvalue weighted by atomic mass is 10.3. The maximum Gasteiger partial charge on any atom is 0.266 e. The molecule has 8 heteroatoms. The SMILES string of the molecule is CC(Oc1cc(Cl)c(Cl)cc1Cl)C(=O)Nc1ccc(Cl)cn1. The van der Waals surface area contributed by atoms with Crippen LogP contribution in [0.4, 0.5) is 5.82 Å². The van der Waals surface area contributed by atoms with E-state index in [1.54, 1.807) is 19.1 Å². The maximum absolute atomic E-state index is 12.1. The zero-order chi connectivity index (χ0) is 16.3. The lowest BCUT2D eigenvalue weighted by Crippen LogP contribution is -2.30. The molecular formula is C14H10Cl4N2O2. The molecule has 0 saturated carbocycles. The van der Waals surface area contributed by atoms with Gasteiger partial charge in [0.2, 0.25) is 0 Å². The smallest absolute Gasteiger partial charge is 0.266 e. The molecule has 4 nitrogen and oxygen atoms in total. The first kappa shape index (κ1) is 17.2. The van der Waals surface area contributed by atoms with Crippen molar-refractivity contribution in [2.24, 2.45) is 0 Å². The van der Waals surface area contributed by atoms with Crippen molar-refractivity contribution < 1.29 is 9.53 Å². The van der Waals surface area contributed by atoms with Crippen molar-refractivity contribution in [2.45, 2.75) is 13.0 Å². The van der Waals surface area contributed by atoms with Crippen molar-refractivity contribution in [2.75, 3.05) is 5.32 Å². The molecule has 1 amide bonds. The van der Waals surface area contributed by atoms with Gasteiger partial charge in [0.1, 0.15) is 11.6 Å². The van der Waals surface area contributed by atoms with Gasteiger partial charge in [0.05, 0.1) is 20.1 Å². The topological polar surface area (TPSA) is 51.2 Å². The molecule has 0 aliphatic heterocycles. The Morgan fingerprint density at radius 3 is 2.45 bits per heavy atom. The minimum absolute atomic E-state index is 0.263. The van der Waals surface area contributed by atoms with Crippen molar-refractivity contribution in [1.82, 2.24) is 4.98 Å².